The molecule has 4 heteroatoms. The zero-order valence-corrected chi connectivity index (χ0v) is 11.1. The smallest absolute Gasteiger partial charge is 0.226 e. The van der Waals surface area contributed by atoms with Gasteiger partial charge in [0, 0.05) is 18.5 Å². The van der Waals surface area contributed by atoms with Crippen molar-refractivity contribution in [2.45, 2.75) is 38.5 Å². The van der Waals surface area contributed by atoms with Crippen molar-refractivity contribution >= 4 is 18.3 Å². The summed E-state index contributed by atoms with van der Waals surface area (Å²) in [6.07, 6.45) is 7.62. The van der Waals surface area contributed by atoms with Crippen LogP contribution in [0.4, 0.5) is 0 Å². The van der Waals surface area contributed by atoms with E-state index in [1.807, 2.05) is 0 Å². The van der Waals surface area contributed by atoms with Gasteiger partial charge in [-0.25, -0.2) is 0 Å². The Morgan fingerprint density at radius 3 is 2.00 bits per heavy atom. The van der Waals surface area contributed by atoms with Crippen molar-refractivity contribution in [3.63, 3.8) is 0 Å². The van der Waals surface area contributed by atoms with Gasteiger partial charge in [-0.2, -0.15) is 0 Å². The highest BCUT2D eigenvalue weighted by molar-refractivity contribution is 5.85. The van der Waals surface area contributed by atoms with Crippen molar-refractivity contribution in [1.82, 2.24) is 5.32 Å². The highest BCUT2D eigenvalue weighted by Gasteiger charge is 2.54. The Balaban J connectivity index is 0.00000108. The maximum absolute atomic E-state index is 12.3. The molecule has 4 aliphatic carbocycles. The molecule has 0 radical (unpaired) electrons. The van der Waals surface area contributed by atoms with Crippen LogP contribution in [-0.2, 0) is 4.79 Å². The summed E-state index contributed by atoms with van der Waals surface area (Å²) in [6.45, 7) is 1.19. The number of carbonyl (C=O) groups is 1. The predicted molar refractivity (Wildman–Crippen MR) is 69.9 cm³/mol. The Bertz CT molecular complexity index is 271. The molecular weight excluding hydrogens is 236 g/mol. The normalized spacial score (nSPS) is 42.1. The third-order valence-electron chi connectivity index (χ3n) is 4.95. The van der Waals surface area contributed by atoms with Crippen LogP contribution in [0, 0.1) is 23.2 Å². The summed E-state index contributed by atoms with van der Waals surface area (Å²) in [4.78, 5) is 12.3. The van der Waals surface area contributed by atoms with Gasteiger partial charge < -0.3 is 11.1 Å². The first-order valence-corrected chi connectivity index (χ1v) is 6.70. The van der Waals surface area contributed by atoms with E-state index in [1.54, 1.807) is 0 Å². The number of halogens is 1. The number of nitrogens with one attached hydrogen (secondary N) is 1. The Kier molecular flexibility index (Phi) is 3.69. The number of carbonyl (C=O) groups excluding carboxylic acids is 1. The Morgan fingerprint density at radius 2 is 1.59 bits per heavy atom. The molecule has 4 saturated carbocycles. The first-order chi connectivity index (χ1) is 7.72. The number of rotatable bonds is 3. The molecule has 3 nitrogen and oxygen atoms in total. The molecule has 4 rings (SSSR count). The van der Waals surface area contributed by atoms with E-state index in [2.05, 4.69) is 5.32 Å². The molecule has 0 aromatic heterocycles. The van der Waals surface area contributed by atoms with E-state index in [4.69, 9.17) is 5.73 Å². The van der Waals surface area contributed by atoms with Gasteiger partial charge in [0.05, 0.1) is 0 Å². The Morgan fingerprint density at radius 1 is 1.12 bits per heavy atom. The van der Waals surface area contributed by atoms with Crippen molar-refractivity contribution in [1.29, 1.82) is 0 Å². The van der Waals surface area contributed by atoms with E-state index in [0.717, 1.165) is 37.0 Å². The molecule has 0 aromatic carbocycles. The van der Waals surface area contributed by atoms with Crippen LogP contribution in [0.3, 0.4) is 0 Å². The van der Waals surface area contributed by atoms with E-state index in [-0.39, 0.29) is 17.8 Å². The van der Waals surface area contributed by atoms with Gasteiger partial charge in [0.2, 0.25) is 5.91 Å². The molecule has 0 unspecified atom stereocenters. The molecule has 0 saturated heterocycles. The first kappa shape index (κ1) is 13.2. The van der Waals surface area contributed by atoms with Crippen LogP contribution in [0.1, 0.15) is 38.5 Å². The van der Waals surface area contributed by atoms with Crippen LogP contribution in [0.2, 0.25) is 0 Å². The lowest BCUT2D eigenvalue weighted by Crippen LogP contribution is -2.54. The number of hydrogen-bond donors (Lipinski definition) is 2. The fraction of sp³-hybridized carbons (Fsp3) is 0.923. The molecule has 0 aromatic rings. The second-order valence-corrected chi connectivity index (χ2v) is 6.24. The maximum atomic E-state index is 12.3. The van der Waals surface area contributed by atoms with Gasteiger partial charge >= 0.3 is 0 Å². The lowest BCUT2D eigenvalue weighted by atomic mass is 9.49. The highest BCUT2D eigenvalue weighted by Crippen LogP contribution is 2.59. The van der Waals surface area contributed by atoms with Gasteiger partial charge in [-0.15, -0.1) is 12.4 Å². The summed E-state index contributed by atoms with van der Waals surface area (Å²) in [5, 5.41) is 3.03. The van der Waals surface area contributed by atoms with Crippen molar-refractivity contribution in [2.24, 2.45) is 28.9 Å². The van der Waals surface area contributed by atoms with E-state index in [0.29, 0.717) is 19.0 Å². The minimum absolute atomic E-state index is 0. The number of hydrogen-bond acceptors (Lipinski definition) is 2. The van der Waals surface area contributed by atoms with Crippen molar-refractivity contribution in [3.05, 3.63) is 0 Å². The van der Waals surface area contributed by atoms with Crippen LogP contribution in [0.15, 0.2) is 0 Å². The molecule has 0 aliphatic heterocycles. The van der Waals surface area contributed by atoms with Crippen LogP contribution in [0.5, 0.6) is 0 Å². The third kappa shape index (κ3) is 2.19. The molecule has 1 amide bonds. The summed E-state index contributed by atoms with van der Waals surface area (Å²) in [5.41, 5.74) is 5.46. The van der Waals surface area contributed by atoms with Crippen molar-refractivity contribution in [3.8, 4) is 0 Å². The van der Waals surface area contributed by atoms with E-state index in [1.165, 1.54) is 19.3 Å². The largest absolute Gasteiger partial charge is 0.354 e. The van der Waals surface area contributed by atoms with Crippen LogP contribution >= 0.6 is 12.4 Å². The lowest BCUT2D eigenvalue weighted by Gasteiger charge is -2.55. The van der Waals surface area contributed by atoms with E-state index < -0.39 is 0 Å². The molecule has 0 atom stereocenters. The highest BCUT2D eigenvalue weighted by atomic mass is 35.5. The Hall–Kier alpha value is -0.280. The summed E-state index contributed by atoms with van der Waals surface area (Å²) in [5.74, 6) is 2.83. The summed E-state index contributed by atoms with van der Waals surface area (Å²) < 4.78 is 0. The topological polar surface area (TPSA) is 55.1 Å². The molecule has 3 N–H and O–H groups in total. The van der Waals surface area contributed by atoms with Crippen molar-refractivity contribution in [2.75, 3.05) is 13.1 Å². The van der Waals surface area contributed by atoms with E-state index in [9.17, 15) is 4.79 Å². The Labute approximate surface area is 109 Å². The molecular formula is C13H23ClN2O. The summed E-state index contributed by atoms with van der Waals surface area (Å²) >= 11 is 0. The fourth-order valence-electron chi connectivity index (χ4n) is 4.76. The zero-order chi connectivity index (χ0) is 11.2. The summed E-state index contributed by atoms with van der Waals surface area (Å²) in [6, 6.07) is 0. The predicted octanol–water partition coefficient (Wildman–Crippen LogP) is 1.70. The van der Waals surface area contributed by atoms with Crippen molar-refractivity contribution < 1.29 is 4.79 Å². The molecule has 4 aliphatic rings. The molecule has 17 heavy (non-hydrogen) atoms. The van der Waals surface area contributed by atoms with Gasteiger partial charge in [-0.3, -0.25) is 4.79 Å². The van der Waals surface area contributed by atoms with Gasteiger partial charge in [0.1, 0.15) is 0 Å². The zero-order valence-electron chi connectivity index (χ0n) is 10.3. The SMILES string of the molecule is Cl.NCCNC(=O)C12CC3CC(CC(C3)C1)C2. The second kappa shape index (κ2) is 4.77. The average molecular weight is 259 g/mol. The molecule has 4 fully saturated rings. The lowest BCUT2D eigenvalue weighted by molar-refractivity contribution is -0.146. The van der Waals surface area contributed by atoms with Gasteiger partial charge in [0.15, 0.2) is 0 Å². The molecule has 98 valence electrons. The second-order valence-electron chi connectivity index (χ2n) is 6.24. The van der Waals surface area contributed by atoms with Gasteiger partial charge in [-0.1, -0.05) is 0 Å². The number of amides is 1. The maximum Gasteiger partial charge on any atom is 0.226 e. The quantitative estimate of drug-likeness (QED) is 0.810. The third-order valence-corrected chi connectivity index (χ3v) is 4.95. The minimum atomic E-state index is 0. The standard InChI is InChI=1S/C13H22N2O.ClH/c14-1-2-15-12(16)13-6-9-3-10(7-13)5-11(4-9)8-13;/h9-11H,1-8,14H2,(H,15,16);1H. The molecule has 4 bridgehead atoms. The van der Waals surface area contributed by atoms with Gasteiger partial charge in [0.25, 0.3) is 0 Å². The summed E-state index contributed by atoms with van der Waals surface area (Å²) in [7, 11) is 0. The minimum Gasteiger partial charge on any atom is -0.354 e. The number of nitrogens with two attached hydrogens (primary N) is 1. The average Bonchev–Trinajstić information content (AvgIpc) is 2.24. The van der Waals surface area contributed by atoms with Crippen LogP contribution in [-0.4, -0.2) is 19.0 Å². The first-order valence-electron chi connectivity index (χ1n) is 6.70. The van der Waals surface area contributed by atoms with E-state index >= 15 is 0 Å². The van der Waals surface area contributed by atoms with Crippen LogP contribution < -0.4 is 11.1 Å². The van der Waals surface area contributed by atoms with Crippen LogP contribution in [0.25, 0.3) is 0 Å². The molecule has 0 heterocycles. The monoisotopic (exact) mass is 258 g/mol. The van der Waals surface area contributed by atoms with Gasteiger partial charge in [-0.05, 0) is 56.3 Å². The fourth-order valence-corrected chi connectivity index (χ4v) is 4.76. The molecule has 0 spiro atoms.